The van der Waals surface area contributed by atoms with E-state index in [0.717, 1.165) is 69.7 Å². The molecule has 1 atom stereocenters. The first-order valence-electron chi connectivity index (χ1n) is 14.6. The average Bonchev–Trinajstić information content (AvgIpc) is 3.51. The van der Waals surface area contributed by atoms with Crippen molar-refractivity contribution >= 4 is 11.7 Å². The van der Waals surface area contributed by atoms with Crippen LogP contribution in [0.5, 0.6) is 0 Å². The number of likely N-dealkylation sites (tertiary alicyclic amines) is 1. The number of rotatable bonds is 6. The highest BCUT2D eigenvalue weighted by Gasteiger charge is 2.38. The summed E-state index contributed by atoms with van der Waals surface area (Å²) in [5.41, 5.74) is 1.22. The van der Waals surface area contributed by atoms with E-state index in [2.05, 4.69) is 36.2 Å². The number of nitriles is 1. The zero-order chi connectivity index (χ0) is 28.2. The molecule has 10 nitrogen and oxygen atoms in total. The van der Waals surface area contributed by atoms with E-state index < -0.39 is 5.60 Å². The summed E-state index contributed by atoms with van der Waals surface area (Å²) < 4.78 is 0. The molecule has 6 rings (SSSR count). The maximum absolute atomic E-state index is 13.3. The molecule has 0 aromatic carbocycles. The number of nitrogens with one attached hydrogen (secondary N) is 1. The van der Waals surface area contributed by atoms with Gasteiger partial charge >= 0.3 is 0 Å². The van der Waals surface area contributed by atoms with E-state index >= 15 is 0 Å². The molecular weight excluding hydrogens is 516 g/mol. The summed E-state index contributed by atoms with van der Waals surface area (Å²) in [5.74, 6) is 1.75. The van der Waals surface area contributed by atoms with Gasteiger partial charge in [0.2, 0.25) is 5.91 Å². The topological polar surface area (TPSA) is 131 Å². The largest absolute Gasteiger partial charge is 0.384 e. The maximum atomic E-state index is 13.3. The van der Waals surface area contributed by atoms with Crippen LogP contribution in [0, 0.1) is 17.2 Å². The maximum Gasteiger partial charge on any atom is 0.225 e. The summed E-state index contributed by atoms with van der Waals surface area (Å²) in [6, 6.07) is 11.9. The molecule has 3 fully saturated rings. The summed E-state index contributed by atoms with van der Waals surface area (Å²) in [6.45, 7) is 3.09. The summed E-state index contributed by atoms with van der Waals surface area (Å²) in [4.78, 5) is 35.0. The Balaban J connectivity index is 0.957. The van der Waals surface area contributed by atoms with Crippen molar-refractivity contribution < 1.29 is 9.90 Å². The quantitative estimate of drug-likeness (QED) is 0.474. The van der Waals surface area contributed by atoms with Crippen molar-refractivity contribution in [1.29, 1.82) is 5.26 Å². The van der Waals surface area contributed by atoms with Gasteiger partial charge in [-0.25, -0.2) is 15.0 Å². The predicted octanol–water partition coefficient (Wildman–Crippen LogP) is 3.04. The minimum atomic E-state index is -0.924. The van der Waals surface area contributed by atoms with Gasteiger partial charge in [-0.3, -0.25) is 9.78 Å². The summed E-state index contributed by atoms with van der Waals surface area (Å²) in [5, 5.41) is 24.3. The number of piperidine rings is 1. The number of carbonyl (C=O) groups is 1. The molecule has 0 unspecified atom stereocenters. The van der Waals surface area contributed by atoms with Gasteiger partial charge in [-0.1, -0.05) is 0 Å². The molecule has 0 radical (unpaired) electrons. The van der Waals surface area contributed by atoms with Crippen molar-refractivity contribution in [3.8, 4) is 17.5 Å². The molecule has 0 spiro atoms. The second-order valence-electron chi connectivity index (χ2n) is 11.5. The molecule has 41 heavy (non-hydrogen) atoms. The highest BCUT2D eigenvalue weighted by Crippen LogP contribution is 2.37. The number of pyridine rings is 2. The van der Waals surface area contributed by atoms with Crippen LogP contribution in [0.3, 0.4) is 0 Å². The lowest BCUT2D eigenvalue weighted by Crippen LogP contribution is -2.46. The molecule has 1 saturated carbocycles. The number of nitrogens with zero attached hydrogens (tertiary/aromatic N) is 7. The van der Waals surface area contributed by atoms with Crippen molar-refractivity contribution in [2.24, 2.45) is 5.92 Å². The third kappa shape index (κ3) is 6.06. The van der Waals surface area contributed by atoms with Crippen molar-refractivity contribution in [3.63, 3.8) is 0 Å². The Bertz CT molecular complexity index is 1380. The fourth-order valence-corrected chi connectivity index (χ4v) is 6.47. The van der Waals surface area contributed by atoms with E-state index in [9.17, 15) is 9.90 Å². The summed E-state index contributed by atoms with van der Waals surface area (Å²) >= 11 is 0. The van der Waals surface area contributed by atoms with E-state index in [1.54, 1.807) is 36.9 Å². The third-order valence-electron chi connectivity index (χ3n) is 8.89. The van der Waals surface area contributed by atoms with Gasteiger partial charge in [0.05, 0.1) is 17.3 Å². The lowest BCUT2D eigenvalue weighted by molar-refractivity contribution is -0.135. The van der Waals surface area contributed by atoms with Crippen molar-refractivity contribution in [2.45, 2.75) is 62.6 Å². The third-order valence-corrected chi connectivity index (χ3v) is 8.89. The Labute approximate surface area is 240 Å². The summed E-state index contributed by atoms with van der Waals surface area (Å²) in [7, 11) is 0. The molecule has 2 aliphatic heterocycles. The fraction of sp³-hybridized carbons (Fsp3) is 0.484. The van der Waals surface area contributed by atoms with E-state index in [4.69, 9.17) is 5.26 Å². The van der Waals surface area contributed by atoms with Crippen LogP contribution in [0.1, 0.15) is 56.2 Å². The van der Waals surface area contributed by atoms with Crippen LogP contribution in [-0.4, -0.2) is 74.1 Å². The van der Waals surface area contributed by atoms with Crippen LogP contribution in [0.15, 0.2) is 55.1 Å². The van der Waals surface area contributed by atoms with Crippen LogP contribution < -0.4 is 10.2 Å². The normalized spacial score (nSPS) is 25.2. The van der Waals surface area contributed by atoms with Gasteiger partial charge in [0.25, 0.3) is 0 Å². The van der Waals surface area contributed by atoms with Gasteiger partial charge < -0.3 is 20.2 Å². The smallest absolute Gasteiger partial charge is 0.225 e. The zero-order valence-corrected chi connectivity index (χ0v) is 23.2. The van der Waals surface area contributed by atoms with Gasteiger partial charge in [0.1, 0.15) is 11.4 Å². The first-order valence-corrected chi connectivity index (χ1v) is 14.6. The van der Waals surface area contributed by atoms with Crippen molar-refractivity contribution in [1.82, 2.24) is 30.2 Å². The SMILES string of the molecule is N#Cc1ccnc(N2CCC(C(=O)N3CC[C@H](NC4CCC(O)(c5ccc(-c6ncccn6)cn5)CC4)C3)CC2)c1. The Morgan fingerprint density at radius 1 is 0.951 bits per heavy atom. The van der Waals surface area contributed by atoms with Crippen LogP contribution in [-0.2, 0) is 10.4 Å². The van der Waals surface area contributed by atoms with Gasteiger partial charge in [-0.15, -0.1) is 0 Å². The van der Waals surface area contributed by atoms with Crippen molar-refractivity contribution in [2.75, 3.05) is 31.1 Å². The number of aromatic nitrogens is 4. The number of anilines is 1. The first kappa shape index (κ1) is 27.2. The zero-order valence-electron chi connectivity index (χ0n) is 23.2. The second-order valence-corrected chi connectivity index (χ2v) is 11.5. The predicted molar refractivity (Wildman–Crippen MR) is 153 cm³/mol. The molecule has 5 heterocycles. The first-order chi connectivity index (χ1) is 20.0. The van der Waals surface area contributed by atoms with Crippen LogP contribution in [0.2, 0.25) is 0 Å². The molecule has 10 heteroatoms. The molecule has 212 valence electrons. The Morgan fingerprint density at radius 2 is 1.73 bits per heavy atom. The van der Waals surface area contributed by atoms with E-state index in [1.165, 1.54) is 0 Å². The average molecular weight is 553 g/mol. The minimum absolute atomic E-state index is 0.0428. The second kappa shape index (κ2) is 11.9. The van der Waals surface area contributed by atoms with E-state index in [0.29, 0.717) is 36.0 Å². The molecule has 2 saturated heterocycles. The molecule has 2 N–H and O–H groups in total. The van der Waals surface area contributed by atoms with E-state index in [1.807, 2.05) is 23.1 Å². The number of amides is 1. The van der Waals surface area contributed by atoms with E-state index in [-0.39, 0.29) is 17.9 Å². The monoisotopic (exact) mass is 552 g/mol. The van der Waals surface area contributed by atoms with Crippen molar-refractivity contribution in [3.05, 3.63) is 66.4 Å². The van der Waals surface area contributed by atoms with Crippen LogP contribution >= 0.6 is 0 Å². The summed E-state index contributed by atoms with van der Waals surface area (Å²) in [6.07, 6.45) is 12.4. The van der Waals surface area contributed by atoms with Crippen LogP contribution in [0.25, 0.3) is 11.4 Å². The van der Waals surface area contributed by atoms with Gasteiger partial charge in [0.15, 0.2) is 5.82 Å². The van der Waals surface area contributed by atoms with Gasteiger partial charge in [0, 0.05) is 74.5 Å². The van der Waals surface area contributed by atoms with Crippen LogP contribution in [0.4, 0.5) is 5.82 Å². The number of aliphatic hydroxyl groups is 1. The number of carbonyl (C=O) groups excluding carboxylic acids is 1. The highest BCUT2D eigenvalue weighted by molar-refractivity contribution is 5.79. The number of hydrogen-bond acceptors (Lipinski definition) is 9. The molecule has 0 bridgehead atoms. The number of hydrogen-bond donors (Lipinski definition) is 2. The highest BCUT2D eigenvalue weighted by atomic mass is 16.3. The molecular formula is C31H36N8O2. The molecule has 3 aromatic heterocycles. The molecule has 1 amide bonds. The molecule has 3 aromatic rings. The lowest BCUT2D eigenvalue weighted by atomic mass is 9.79. The molecule has 3 aliphatic rings. The van der Waals surface area contributed by atoms with Gasteiger partial charge in [-0.2, -0.15) is 5.26 Å². The Hall–Kier alpha value is -3.94. The minimum Gasteiger partial charge on any atom is -0.384 e. The fourth-order valence-electron chi connectivity index (χ4n) is 6.47. The molecule has 1 aliphatic carbocycles. The lowest BCUT2D eigenvalue weighted by Gasteiger charge is -2.37. The Morgan fingerprint density at radius 3 is 2.44 bits per heavy atom. The standard InChI is InChI=1S/C31H36N8O2/c32-19-22-6-14-33-28(18-22)38-15-7-23(8-16-38)30(40)39-17-9-26(21-39)37-25-4-10-31(41,11-5-25)27-3-2-24(20-36-27)29-34-12-1-13-35-29/h1-3,6,12-14,18,20,23,25-26,37,41H,4-5,7-11,15-17,21H2/t25?,26-,31?/m0/s1. The van der Waals surface area contributed by atoms with Gasteiger partial charge in [-0.05, 0) is 75.3 Å². The Kier molecular flexibility index (Phi) is 7.90.